The molecule has 0 aromatic rings. The van der Waals surface area contributed by atoms with Gasteiger partial charge in [0.25, 0.3) is 0 Å². The lowest BCUT2D eigenvalue weighted by Crippen LogP contribution is -2.43. The van der Waals surface area contributed by atoms with E-state index in [4.69, 9.17) is 5.11 Å². The Morgan fingerprint density at radius 3 is 2.94 bits per heavy atom. The number of aliphatic hydroxyl groups is 1. The Hall–Kier alpha value is -0.610. The zero-order valence-corrected chi connectivity index (χ0v) is 10.4. The molecule has 4 heteroatoms. The molecule has 16 heavy (non-hydrogen) atoms. The fourth-order valence-electron chi connectivity index (χ4n) is 2.02. The van der Waals surface area contributed by atoms with E-state index in [0.717, 1.165) is 32.5 Å². The van der Waals surface area contributed by atoms with Crippen LogP contribution in [0.15, 0.2) is 0 Å². The van der Waals surface area contributed by atoms with E-state index in [9.17, 15) is 4.79 Å². The van der Waals surface area contributed by atoms with Gasteiger partial charge in [0.05, 0.1) is 6.54 Å². The third-order valence-electron chi connectivity index (χ3n) is 2.94. The molecule has 1 aliphatic rings. The molecule has 1 amide bonds. The summed E-state index contributed by atoms with van der Waals surface area (Å²) in [5.41, 5.74) is 0. The van der Waals surface area contributed by atoms with Gasteiger partial charge in [0.1, 0.15) is 0 Å². The van der Waals surface area contributed by atoms with Crippen LogP contribution in [0.25, 0.3) is 0 Å². The summed E-state index contributed by atoms with van der Waals surface area (Å²) in [4.78, 5) is 13.7. The predicted molar refractivity (Wildman–Crippen MR) is 64.1 cm³/mol. The van der Waals surface area contributed by atoms with Crippen molar-refractivity contribution in [2.45, 2.75) is 26.7 Å². The number of hydrogen-bond acceptors (Lipinski definition) is 3. The topological polar surface area (TPSA) is 52.6 Å². The number of likely N-dealkylation sites (tertiary alicyclic amines) is 1. The highest BCUT2D eigenvalue weighted by Gasteiger charge is 2.20. The Labute approximate surface area is 98.0 Å². The Kier molecular flexibility index (Phi) is 5.77. The fourth-order valence-corrected chi connectivity index (χ4v) is 2.02. The highest BCUT2D eigenvalue weighted by atomic mass is 16.3. The zero-order chi connectivity index (χ0) is 12.0. The number of amides is 1. The van der Waals surface area contributed by atoms with Gasteiger partial charge in [-0.25, -0.2) is 0 Å². The highest BCUT2D eigenvalue weighted by Crippen LogP contribution is 2.14. The van der Waals surface area contributed by atoms with Gasteiger partial charge in [0, 0.05) is 19.7 Å². The Balaban J connectivity index is 2.22. The number of carbonyl (C=O) groups excluding carboxylic acids is 1. The van der Waals surface area contributed by atoms with Crippen molar-refractivity contribution in [3.05, 3.63) is 0 Å². The van der Waals surface area contributed by atoms with Crippen LogP contribution in [0.5, 0.6) is 0 Å². The first-order valence-corrected chi connectivity index (χ1v) is 6.21. The molecule has 0 spiro atoms. The van der Waals surface area contributed by atoms with E-state index < -0.39 is 0 Å². The molecule has 1 saturated heterocycles. The molecule has 1 unspecified atom stereocenters. The predicted octanol–water partition coefficient (Wildman–Crippen LogP) is 0.463. The van der Waals surface area contributed by atoms with Crippen LogP contribution in [-0.2, 0) is 4.79 Å². The molecule has 0 aliphatic carbocycles. The molecule has 1 fully saturated rings. The van der Waals surface area contributed by atoms with Gasteiger partial charge in [-0.1, -0.05) is 13.8 Å². The van der Waals surface area contributed by atoms with E-state index in [1.165, 1.54) is 0 Å². The number of carbonyl (C=O) groups is 1. The van der Waals surface area contributed by atoms with Crippen molar-refractivity contribution >= 4 is 5.91 Å². The first kappa shape index (κ1) is 13.5. The summed E-state index contributed by atoms with van der Waals surface area (Å²) < 4.78 is 0. The van der Waals surface area contributed by atoms with Crippen LogP contribution >= 0.6 is 0 Å². The molecule has 4 nitrogen and oxygen atoms in total. The molecule has 0 saturated carbocycles. The number of rotatable bonds is 5. The quantitative estimate of drug-likeness (QED) is 0.719. The van der Waals surface area contributed by atoms with Crippen molar-refractivity contribution in [3.63, 3.8) is 0 Å². The van der Waals surface area contributed by atoms with Gasteiger partial charge in [0.2, 0.25) is 5.91 Å². The normalized spacial score (nSPS) is 22.4. The molecule has 2 N–H and O–H groups in total. The molecule has 1 atom stereocenters. The van der Waals surface area contributed by atoms with Crippen LogP contribution in [-0.4, -0.2) is 48.7 Å². The number of nitrogens with one attached hydrogen (secondary N) is 1. The minimum Gasteiger partial charge on any atom is -0.396 e. The Bertz CT molecular complexity index is 219. The maximum absolute atomic E-state index is 11.6. The minimum atomic E-state index is 0.104. The fraction of sp³-hybridized carbons (Fsp3) is 0.917. The average molecular weight is 228 g/mol. The highest BCUT2D eigenvalue weighted by molar-refractivity contribution is 5.78. The summed E-state index contributed by atoms with van der Waals surface area (Å²) in [6, 6.07) is 0. The van der Waals surface area contributed by atoms with Gasteiger partial charge >= 0.3 is 0 Å². The van der Waals surface area contributed by atoms with Crippen LogP contribution in [0.4, 0.5) is 0 Å². The van der Waals surface area contributed by atoms with Crippen molar-refractivity contribution in [3.8, 4) is 0 Å². The van der Waals surface area contributed by atoms with E-state index in [1.54, 1.807) is 0 Å². The lowest BCUT2D eigenvalue weighted by molar-refractivity contribution is -0.122. The van der Waals surface area contributed by atoms with Crippen molar-refractivity contribution in [2.75, 3.05) is 32.8 Å². The number of nitrogens with zero attached hydrogens (tertiary/aromatic N) is 1. The van der Waals surface area contributed by atoms with Gasteiger partial charge in [-0.15, -0.1) is 0 Å². The summed E-state index contributed by atoms with van der Waals surface area (Å²) in [5, 5.41) is 12.0. The van der Waals surface area contributed by atoms with Gasteiger partial charge < -0.3 is 10.4 Å². The zero-order valence-electron chi connectivity index (χ0n) is 10.4. The van der Waals surface area contributed by atoms with Gasteiger partial charge in [-0.05, 0) is 31.2 Å². The molecule has 0 radical (unpaired) electrons. The monoisotopic (exact) mass is 228 g/mol. The largest absolute Gasteiger partial charge is 0.396 e. The first-order valence-electron chi connectivity index (χ1n) is 6.21. The smallest absolute Gasteiger partial charge is 0.234 e. The third kappa shape index (κ3) is 4.94. The summed E-state index contributed by atoms with van der Waals surface area (Å²) in [5.74, 6) is 0.953. The van der Waals surface area contributed by atoms with Crippen molar-refractivity contribution < 1.29 is 9.90 Å². The molecule has 1 heterocycles. The van der Waals surface area contributed by atoms with Crippen molar-refractivity contribution in [1.82, 2.24) is 10.2 Å². The van der Waals surface area contributed by atoms with Crippen LogP contribution in [0, 0.1) is 11.8 Å². The van der Waals surface area contributed by atoms with Crippen LogP contribution < -0.4 is 5.32 Å². The maximum Gasteiger partial charge on any atom is 0.234 e. The van der Waals surface area contributed by atoms with Gasteiger partial charge in [-0.2, -0.15) is 0 Å². The number of piperidine rings is 1. The Morgan fingerprint density at radius 2 is 2.31 bits per heavy atom. The molecule has 0 aromatic carbocycles. The van der Waals surface area contributed by atoms with Crippen LogP contribution in [0.2, 0.25) is 0 Å². The summed E-state index contributed by atoms with van der Waals surface area (Å²) in [6.07, 6.45) is 2.17. The summed E-state index contributed by atoms with van der Waals surface area (Å²) in [6.45, 7) is 7.46. The minimum absolute atomic E-state index is 0.104. The van der Waals surface area contributed by atoms with Crippen LogP contribution in [0.3, 0.4) is 0 Å². The molecule has 0 aromatic heterocycles. The second-order valence-electron chi connectivity index (χ2n) is 5.12. The van der Waals surface area contributed by atoms with Gasteiger partial charge in [-0.3, -0.25) is 9.69 Å². The average Bonchev–Trinajstić information content (AvgIpc) is 2.26. The van der Waals surface area contributed by atoms with E-state index in [-0.39, 0.29) is 12.5 Å². The molecule has 1 rings (SSSR count). The lowest BCUT2D eigenvalue weighted by atomic mass is 9.99. The molecular weight excluding hydrogens is 204 g/mol. The first-order chi connectivity index (χ1) is 7.61. The van der Waals surface area contributed by atoms with E-state index in [1.807, 2.05) is 0 Å². The molecule has 94 valence electrons. The van der Waals surface area contributed by atoms with Gasteiger partial charge in [0.15, 0.2) is 0 Å². The second kappa shape index (κ2) is 6.86. The van der Waals surface area contributed by atoms with E-state index >= 15 is 0 Å². The van der Waals surface area contributed by atoms with Crippen molar-refractivity contribution in [2.24, 2.45) is 11.8 Å². The maximum atomic E-state index is 11.6. The SMILES string of the molecule is CC(C)CNC(=O)CN1CCCC(CO)C1. The summed E-state index contributed by atoms with van der Waals surface area (Å²) >= 11 is 0. The van der Waals surface area contributed by atoms with E-state index in [0.29, 0.717) is 18.4 Å². The summed E-state index contributed by atoms with van der Waals surface area (Å²) in [7, 11) is 0. The second-order valence-corrected chi connectivity index (χ2v) is 5.12. The van der Waals surface area contributed by atoms with Crippen LogP contribution in [0.1, 0.15) is 26.7 Å². The number of aliphatic hydroxyl groups excluding tert-OH is 1. The lowest BCUT2D eigenvalue weighted by Gasteiger charge is -2.31. The van der Waals surface area contributed by atoms with E-state index in [2.05, 4.69) is 24.1 Å². The standard InChI is InChI=1S/C12H24N2O2/c1-10(2)6-13-12(16)8-14-5-3-4-11(7-14)9-15/h10-11,15H,3-9H2,1-2H3,(H,13,16). The third-order valence-corrected chi connectivity index (χ3v) is 2.94. The number of hydrogen-bond donors (Lipinski definition) is 2. The Morgan fingerprint density at radius 1 is 1.56 bits per heavy atom. The molecular formula is C12H24N2O2. The molecule has 1 aliphatic heterocycles. The van der Waals surface area contributed by atoms with Crippen molar-refractivity contribution in [1.29, 1.82) is 0 Å². The molecule has 0 bridgehead atoms.